The first-order valence-corrected chi connectivity index (χ1v) is 9.92. The van der Waals surface area contributed by atoms with Crippen LogP contribution in [0.4, 0.5) is 5.69 Å². The summed E-state index contributed by atoms with van der Waals surface area (Å²) in [6.07, 6.45) is 1.23. The topological polar surface area (TPSA) is 151 Å². The number of nitrogens with one attached hydrogen (secondary N) is 2. The van der Waals surface area contributed by atoms with Crippen molar-refractivity contribution in [1.82, 2.24) is 15.0 Å². The average molecular weight is 433 g/mol. The number of amides is 2. The van der Waals surface area contributed by atoms with Gasteiger partial charge >= 0.3 is 0 Å². The van der Waals surface area contributed by atoms with Crippen LogP contribution in [-0.4, -0.2) is 56.3 Å². The van der Waals surface area contributed by atoms with Crippen molar-refractivity contribution in [2.75, 3.05) is 20.6 Å². The number of hydrogen-bond acceptors (Lipinski definition) is 7. The number of benzene rings is 2. The SMILES string of the molecule is CN(C)S(=O)(=O)c1ccc(C(=O)NCC(=O)N/N=C/c2cccc([N+](=O)[O-])c2)cc1. The molecule has 2 aromatic carbocycles. The van der Waals surface area contributed by atoms with Gasteiger partial charge in [-0.25, -0.2) is 18.1 Å². The smallest absolute Gasteiger partial charge is 0.270 e. The van der Waals surface area contributed by atoms with Crippen molar-refractivity contribution in [2.45, 2.75) is 4.90 Å². The second-order valence-electron chi connectivity index (χ2n) is 6.14. The van der Waals surface area contributed by atoms with Gasteiger partial charge in [-0.1, -0.05) is 12.1 Å². The Hall–Kier alpha value is -3.64. The third-order valence-electron chi connectivity index (χ3n) is 3.79. The molecular weight excluding hydrogens is 414 g/mol. The standard InChI is InChI=1S/C18H19N5O6S/c1-22(2)30(28,29)16-8-6-14(7-9-16)18(25)19-12-17(24)21-20-11-13-4-3-5-15(10-13)23(26)27/h3-11H,12H2,1-2H3,(H,19,25)(H,21,24)/b20-11+. The van der Waals surface area contributed by atoms with Gasteiger partial charge in [0.25, 0.3) is 17.5 Å². The fraction of sp³-hybridized carbons (Fsp3) is 0.167. The van der Waals surface area contributed by atoms with E-state index in [2.05, 4.69) is 15.8 Å². The van der Waals surface area contributed by atoms with Gasteiger partial charge in [-0.15, -0.1) is 0 Å². The highest BCUT2D eigenvalue weighted by atomic mass is 32.2. The summed E-state index contributed by atoms with van der Waals surface area (Å²) in [5.74, 6) is -1.18. The Morgan fingerprint density at radius 1 is 1.17 bits per heavy atom. The van der Waals surface area contributed by atoms with Crippen LogP contribution in [0.1, 0.15) is 15.9 Å². The molecule has 0 saturated heterocycles. The molecule has 0 aliphatic heterocycles. The van der Waals surface area contributed by atoms with Crippen LogP contribution in [0.3, 0.4) is 0 Å². The lowest BCUT2D eigenvalue weighted by Gasteiger charge is -2.11. The number of rotatable bonds is 8. The largest absolute Gasteiger partial charge is 0.343 e. The molecule has 0 atom stereocenters. The number of carbonyl (C=O) groups excluding carboxylic acids is 2. The molecule has 12 heteroatoms. The van der Waals surface area contributed by atoms with Gasteiger partial charge in [-0.3, -0.25) is 19.7 Å². The number of carbonyl (C=O) groups is 2. The zero-order chi connectivity index (χ0) is 22.3. The lowest BCUT2D eigenvalue weighted by molar-refractivity contribution is -0.384. The van der Waals surface area contributed by atoms with E-state index in [1.165, 1.54) is 62.8 Å². The molecular formula is C18H19N5O6S. The van der Waals surface area contributed by atoms with E-state index in [4.69, 9.17) is 0 Å². The number of hydrogen-bond donors (Lipinski definition) is 2. The minimum Gasteiger partial charge on any atom is -0.343 e. The van der Waals surface area contributed by atoms with Crippen molar-refractivity contribution in [3.05, 3.63) is 69.8 Å². The van der Waals surface area contributed by atoms with Crippen LogP contribution in [0.25, 0.3) is 0 Å². The van der Waals surface area contributed by atoms with E-state index >= 15 is 0 Å². The zero-order valence-electron chi connectivity index (χ0n) is 16.1. The van der Waals surface area contributed by atoms with Crippen molar-refractivity contribution >= 4 is 33.7 Å². The highest BCUT2D eigenvalue weighted by Gasteiger charge is 2.17. The molecule has 0 heterocycles. The van der Waals surface area contributed by atoms with Crippen LogP contribution < -0.4 is 10.7 Å². The minimum absolute atomic E-state index is 0.0391. The molecule has 2 aromatic rings. The lowest BCUT2D eigenvalue weighted by Crippen LogP contribution is -2.34. The number of non-ortho nitro benzene ring substituents is 1. The van der Waals surface area contributed by atoms with Crippen LogP contribution >= 0.6 is 0 Å². The van der Waals surface area contributed by atoms with Gasteiger partial charge in [0.05, 0.1) is 22.6 Å². The Bertz CT molecular complexity index is 1080. The molecule has 0 aromatic heterocycles. The van der Waals surface area contributed by atoms with Gasteiger partial charge < -0.3 is 5.32 Å². The number of sulfonamides is 1. The van der Waals surface area contributed by atoms with Gasteiger partial charge in [0, 0.05) is 37.4 Å². The molecule has 0 radical (unpaired) electrons. The van der Waals surface area contributed by atoms with Crippen molar-refractivity contribution in [1.29, 1.82) is 0 Å². The monoisotopic (exact) mass is 433 g/mol. The molecule has 0 aliphatic rings. The highest BCUT2D eigenvalue weighted by molar-refractivity contribution is 7.89. The zero-order valence-corrected chi connectivity index (χ0v) is 16.9. The Morgan fingerprint density at radius 2 is 1.83 bits per heavy atom. The summed E-state index contributed by atoms with van der Waals surface area (Å²) in [6, 6.07) is 10.9. The Balaban J connectivity index is 1.88. The van der Waals surface area contributed by atoms with Gasteiger partial charge in [0.15, 0.2) is 0 Å². The van der Waals surface area contributed by atoms with Crippen molar-refractivity contribution in [3.8, 4) is 0 Å². The Kier molecular flexibility index (Phi) is 7.33. The molecule has 2 rings (SSSR count). The average Bonchev–Trinajstić information content (AvgIpc) is 2.72. The maximum absolute atomic E-state index is 12.1. The summed E-state index contributed by atoms with van der Waals surface area (Å²) in [7, 11) is -0.804. The molecule has 11 nitrogen and oxygen atoms in total. The van der Waals surface area contributed by atoms with Crippen LogP contribution in [0.15, 0.2) is 58.5 Å². The molecule has 0 bridgehead atoms. The van der Waals surface area contributed by atoms with E-state index in [9.17, 15) is 28.1 Å². The summed E-state index contributed by atoms with van der Waals surface area (Å²) < 4.78 is 25.1. The molecule has 158 valence electrons. The summed E-state index contributed by atoms with van der Waals surface area (Å²) in [4.78, 5) is 34.1. The van der Waals surface area contributed by atoms with Crippen molar-refractivity contribution in [3.63, 3.8) is 0 Å². The fourth-order valence-electron chi connectivity index (χ4n) is 2.19. The first kappa shape index (κ1) is 22.6. The van der Waals surface area contributed by atoms with E-state index in [0.717, 1.165) is 4.31 Å². The van der Waals surface area contributed by atoms with E-state index in [1.807, 2.05) is 0 Å². The molecule has 0 aliphatic carbocycles. The molecule has 0 unspecified atom stereocenters. The molecule has 0 spiro atoms. The summed E-state index contributed by atoms with van der Waals surface area (Å²) in [5.41, 5.74) is 2.68. The molecule has 2 N–H and O–H groups in total. The normalized spacial score (nSPS) is 11.4. The molecule has 30 heavy (non-hydrogen) atoms. The Labute approximate surface area is 172 Å². The first-order valence-electron chi connectivity index (χ1n) is 8.48. The second kappa shape index (κ2) is 9.71. The molecule has 0 saturated carbocycles. The number of nitro groups is 1. The van der Waals surface area contributed by atoms with Gasteiger partial charge in [-0.05, 0) is 24.3 Å². The number of nitrogens with zero attached hydrogens (tertiary/aromatic N) is 3. The number of nitro benzene ring substituents is 1. The van der Waals surface area contributed by atoms with Gasteiger partial charge in [-0.2, -0.15) is 5.10 Å². The van der Waals surface area contributed by atoms with E-state index in [1.54, 1.807) is 6.07 Å². The predicted octanol–water partition coefficient (Wildman–Crippen LogP) is 0.725. The molecule has 2 amide bonds. The highest BCUT2D eigenvalue weighted by Crippen LogP contribution is 2.14. The van der Waals surface area contributed by atoms with Crippen molar-refractivity contribution in [2.24, 2.45) is 5.10 Å². The van der Waals surface area contributed by atoms with Crippen LogP contribution in [-0.2, 0) is 14.8 Å². The quantitative estimate of drug-likeness (QED) is 0.356. The maximum Gasteiger partial charge on any atom is 0.270 e. The van der Waals surface area contributed by atoms with Crippen molar-refractivity contribution < 1.29 is 22.9 Å². The summed E-state index contributed by atoms with van der Waals surface area (Å²) >= 11 is 0. The fourth-order valence-corrected chi connectivity index (χ4v) is 3.09. The van der Waals surface area contributed by atoms with Crippen LogP contribution in [0, 0.1) is 10.1 Å². The maximum atomic E-state index is 12.1. The van der Waals surface area contributed by atoms with Gasteiger partial charge in [0.2, 0.25) is 10.0 Å². The minimum atomic E-state index is -3.60. The molecule has 0 fully saturated rings. The summed E-state index contributed by atoms with van der Waals surface area (Å²) in [5, 5.41) is 16.8. The third-order valence-corrected chi connectivity index (χ3v) is 5.62. The first-order chi connectivity index (χ1) is 14.1. The van der Waals surface area contributed by atoms with E-state index < -0.39 is 26.8 Å². The van der Waals surface area contributed by atoms with Crippen LogP contribution in [0.5, 0.6) is 0 Å². The number of hydrazone groups is 1. The lowest BCUT2D eigenvalue weighted by atomic mass is 10.2. The predicted molar refractivity (Wildman–Crippen MR) is 108 cm³/mol. The van der Waals surface area contributed by atoms with Crippen LogP contribution in [0.2, 0.25) is 0 Å². The summed E-state index contributed by atoms with van der Waals surface area (Å²) in [6.45, 7) is -0.372. The Morgan fingerprint density at radius 3 is 2.43 bits per heavy atom. The second-order valence-corrected chi connectivity index (χ2v) is 8.29. The van der Waals surface area contributed by atoms with E-state index in [0.29, 0.717) is 5.56 Å². The van der Waals surface area contributed by atoms with E-state index in [-0.39, 0.29) is 22.7 Å². The third kappa shape index (κ3) is 5.93. The van der Waals surface area contributed by atoms with Gasteiger partial charge in [0.1, 0.15) is 0 Å².